The van der Waals surface area contributed by atoms with E-state index in [1.807, 2.05) is 30.3 Å². The Balaban J connectivity index is 1.85. The Morgan fingerprint density at radius 3 is 2.10 bits per heavy atom. The molecule has 148 valence electrons. The van der Waals surface area contributed by atoms with Gasteiger partial charge in [-0.2, -0.15) is 5.10 Å². The minimum absolute atomic E-state index is 0.189. The summed E-state index contributed by atoms with van der Waals surface area (Å²) in [4.78, 5) is 0. The summed E-state index contributed by atoms with van der Waals surface area (Å²) in [5, 5.41) is 5.35. The first-order valence-electron chi connectivity index (χ1n) is 8.88. The SMILES string of the molecule is COc1ccc([C@@H]2CC(c3ccccc3)=NN2c2c(F)c(F)cc(F)c2F)cc1. The first-order chi connectivity index (χ1) is 14.0. The van der Waals surface area contributed by atoms with E-state index in [4.69, 9.17) is 4.74 Å². The zero-order chi connectivity index (χ0) is 20.5. The minimum Gasteiger partial charge on any atom is -0.497 e. The molecule has 0 bridgehead atoms. The lowest BCUT2D eigenvalue weighted by Crippen LogP contribution is -2.22. The van der Waals surface area contributed by atoms with Crippen LogP contribution in [0.1, 0.15) is 23.6 Å². The third kappa shape index (κ3) is 3.44. The molecule has 0 saturated carbocycles. The molecular weight excluding hydrogens is 384 g/mol. The Labute approximate surface area is 164 Å². The highest BCUT2D eigenvalue weighted by atomic mass is 19.2. The number of halogens is 4. The van der Waals surface area contributed by atoms with Crippen molar-refractivity contribution in [2.24, 2.45) is 5.10 Å². The lowest BCUT2D eigenvalue weighted by Gasteiger charge is -2.25. The summed E-state index contributed by atoms with van der Waals surface area (Å²) < 4.78 is 61.9. The topological polar surface area (TPSA) is 24.8 Å². The first kappa shape index (κ1) is 19.0. The van der Waals surface area contributed by atoms with Gasteiger partial charge in [0.2, 0.25) is 0 Å². The number of nitrogens with zero attached hydrogens (tertiary/aromatic N) is 2. The lowest BCUT2D eigenvalue weighted by atomic mass is 9.98. The van der Waals surface area contributed by atoms with Crippen LogP contribution in [0.3, 0.4) is 0 Å². The average molecular weight is 400 g/mol. The second-order valence-electron chi connectivity index (χ2n) is 6.57. The highest BCUT2D eigenvalue weighted by Crippen LogP contribution is 2.40. The summed E-state index contributed by atoms with van der Waals surface area (Å²) in [5.41, 5.74) is 1.12. The monoisotopic (exact) mass is 400 g/mol. The molecule has 0 aliphatic carbocycles. The second-order valence-corrected chi connectivity index (χ2v) is 6.57. The molecule has 4 rings (SSSR count). The van der Waals surface area contributed by atoms with Crippen molar-refractivity contribution >= 4 is 11.4 Å². The Kier molecular flexibility index (Phi) is 4.96. The van der Waals surface area contributed by atoms with E-state index in [0.717, 1.165) is 10.6 Å². The van der Waals surface area contributed by atoms with Crippen LogP contribution in [0.5, 0.6) is 5.75 Å². The van der Waals surface area contributed by atoms with Gasteiger partial charge in [0.25, 0.3) is 0 Å². The maximum atomic E-state index is 14.5. The number of methoxy groups -OCH3 is 1. The van der Waals surface area contributed by atoms with Crippen molar-refractivity contribution in [2.45, 2.75) is 12.5 Å². The van der Waals surface area contributed by atoms with E-state index < -0.39 is 35.0 Å². The van der Waals surface area contributed by atoms with Crippen LogP contribution >= 0.6 is 0 Å². The first-order valence-corrected chi connectivity index (χ1v) is 8.88. The van der Waals surface area contributed by atoms with Gasteiger partial charge in [0.05, 0.1) is 18.9 Å². The van der Waals surface area contributed by atoms with E-state index >= 15 is 0 Å². The van der Waals surface area contributed by atoms with Crippen molar-refractivity contribution in [2.75, 3.05) is 12.1 Å². The molecule has 0 aromatic heterocycles. The molecule has 1 aliphatic heterocycles. The fourth-order valence-corrected chi connectivity index (χ4v) is 3.37. The zero-order valence-electron chi connectivity index (χ0n) is 15.4. The molecule has 0 amide bonds. The molecule has 1 atom stereocenters. The summed E-state index contributed by atoms with van der Waals surface area (Å²) in [7, 11) is 1.52. The molecule has 0 radical (unpaired) electrons. The fraction of sp³-hybridized carbons (Fsp3) is 0.136. The summed E-state index contributed by atoms with van der Waals surface area (Å²) >= 11 is 0. The predicted octanol–water partition coefficient (Wildman–Crippen LogP) is 5.61. The minimum atomic E-state index is -1.49. The van der Waals surface area contributed by atoms with Gasteiger partial charge in [0, 0.05) is 12.5 Å². The Morgan fingerprint density at radius 1 is 0.897 bits per heavy atom. The maximum Gasteiger partial charge on any atom is 0.187 e. The quantitative estimate of drug-likeness (QED) is 0.420. The molecule has 1 aliphatic rings. The van der Waals surface area contributed by atoms with Crippen molar-refractivity contribution in [3.05, 3.63) is 95.1 Å². The van der Waals surface area contributed by atoms with Crippen molar-refractivity contribution in [3.8, 4) is 5.75 Å². The second kappa shape index (κ2) is 7.58. The van der Waals surface area contributed by atoms with Crippen LogP contribution in [0.15, 0.2) is 65.8 Å². The molecule has 3 nitrogen and oxygen atoms in total. The van der Waals surface area contributed by atoms with Gasteiger partial charge in [-0.3, -0.25) is 5.01 Å². The number of benzene rings is 3. The summed E-state index contributed by atoms with van der Waals surface area (Å²) in [5.74, 6) is -5.32. The van der Waals surface area contributed by atoms with Crippen LogP contribution in [0.4, 0.5) is 23.2 Å². The molecular formula is C22H16F4N2O. The molecule has 0 unspecified atom stereocenters. The van der Waals surface area contributed by atoms with Gasteiger partial charge in [-0.15, -0.1) is 0 Å². The van der Waals surface area contributed by atoms with Crippen molar-refractivity contribution in [1.29, 1.82) is 0 Å². The highest BCUT2D eigenvalue weighted by molar-refractivity contribution is 6.03. The normalized spacial score (nSPS) is 16.1. The van der Waals surface area contributed by atoms with Gasteiger partial charge >= 0.3 is 0 Å². The van der Waals surface area contributed by atoms with E-state index in [2.05, 4.69) is 5.10 Å². The standard InChI is InChI=1S/C22H16F4N2O/c1-29-15-9-7-14(8-10-15)19-12-18(13-5-3-2-4-6-13)27-28(19)22-20(25)16(23)11-17(24)21(22)26/h2-11,19H,12H2,1H3/t19-/m0/s1. The maximum absolute atomic E-state index is 14.5. The molecule has 0 spiro atoms. The van der Waals surface area contributed by atoms with E-state index in [0.29, 0.717) is 23.4 Å². The van der Waals surface area contributed by atoms with Crippen LogP contribution in [0.2, 0.25) is 0 Å². The number of ether oxygens (including phenoxy) is 1. The third-order valence-electron chi connectivity index (χ3n) is 4.84. The molecule has 0 N–H and O–H groups in total. The van der Waals surface area contributed by atoms with Crippen LogP contribution in [-0.2, 0) is 0 Å². The van der Waals surface area contributed by atoms with Crippen LogP contribution in [0.25, 0.3) is 0 Å². The number of hydrogen-bond donors (Lipinski definition) is 0. The molecule has 3 aromatic carbocycles. The highest BCUT2D eigenvalue weighted by Gasteiger charge is 2.35. The summed E-state index contributed by atoms with van der Waals surface area (Å²) in [6.07, 6.45) is 0.299. The lowest BCUT2D eigenvalue weighted by molar-refractivity contribution is 0.414. The van der Waals surface area contributed by atoms with Gasteiger partial charge in [0.1, 0.15) is 11.4 Å². The van der Waals surface area contributed by atoms with E-state index in [1.54, 1.807) is 24.3 Å². The Hall–Kier alpha value is -3.35. The van der Waals surface area contributed by atoms with Crippen LogP contribution in [0, 0.1) is 23.3 Å². The Bertz CT molecular complexity index is 1040. The number of hydrazone groups is 1. The van der Waals surface area contributed by atoms with Crippen molar-refractivity contribution in [3.63, 3.8) is 0 Å². The average Bonchev–Trinajstić information content (AvgIpc) is 3.18. The van der Waals surface area contributed by atoms with Gasteiger partial charge < -0.3 is 4.74 Å². The van der Waals surface area contributed by atoms with Crippen molar-refractivity contribution in [1.82, 2.24) is 0 Å². The zero-order valence-corrected chi connectivity index (χ0v) is 15.4. The molecule has 29 heavy (non-hydrogen) atoms. The van der Waals surface area contributed by atoms with E-state index in [1.165, 1.54) is 7.11 Å². The molecule has 0 saturated heterocycles. The van der Waals surface area contributed by atoms with Gasteiger partial charge in [0.15, 0.2) is 23.3 Å². The van der Waals surface area contributed by atoms with Gasteiger partial charge in [-0.1, -0.05) is 42.5 Å². The molecule has 0 fully saturated rings. The summed E-state index contributed by atoms with van der Waals surface area (Å²) in [6.45, 7) is 0. The van der Waals surface area contributed by atoms with E-state index in [-0.39, 0.29) is 6.07 Å². The van der Waals surface area contributed by atoms with Gasteiger partial charge in [-0.05, 0) is 23.3 Å². The smallest absolute Gasteiger partial charge is 0.187 e. The third-order valence-corrected chi connectivity index (χ3v) is 4.84. The number of rotatable bonds is 4. The summed E-state index contributed by atoms with van der Waals surface area (Å²) in [6, 6.07) is 15.5. The Morgan fingerprint density at radius 2 is 1.52 bits per heavy atom. The van der Waals surface area contributed by atoms with E-state index in [9.17, 15) is 17.6 Å². The number of hydrogen-bond acceptors (Lipinski definition) is 3. The van der Waals surface area contributed by atoms with Gasteiger partial charge in [-0.25, -0.2) is 17.6 Å². The van der Waals surface area contributed by atoms with Crippen LogP contribution in [-0.4, -0.2) is 12.8 Å². The molecule has 1 heterocycles. The van der Waals surface area contributed by atoms with Crippen molar-refractivity contribution < 1.29 is 22.3 Å². The van der Waals surface area contributed by atoms with Crippen LogP contribution < -0.4 is 9.75 Å². The fourth-order valence-electron chi connectivity index (χ4n) is 3.37. The molecule has 3 aromatic rings. The molecule has 7 heteroatoms. The largest absolute Gasteiger partial charge is 0.497 e. The predicted molar refractivity (Wildman–Crippen MR) is 102 cm³/mol. The number of anilines is 1.